The molecule has 0 N–H and O–H groups in total. The lowest BCUT2D eigenvalue weighted by Gasteiger charge is -2.18. The summed E-state index contributed by atoms with van der Waals surface area (Å²) in [5.41, 5.74) is 1.11. The zero-order valence-corrected chi connectivity index (χ0v) is 9.30. The maximum absolute atomic E-state index is 11.7. The molecule has 1 amide bonds. The van der Waals surface area contributed by atoms with E-state index in [9.17, 15) is 4.79 Å². The molecule has 0 unspecified atom stereocenters. The number of pyridine rings is 1. The summed E-state index contributed by atoms with van der Waals surface area (Å²) in [6.45, 7) is 1.89. The van der Waals surface area contributed by atoms with E-state index in [-0.39, 0.29) is 11.8 Å². The van der Waals surface area contributed by atoms with E-state index in [1.165, 1.54) is 12.2 Å². The second kappa shape index (κ2) is 5.46. The normalized spacial score (nSPS) is 12.2. The third-order valence-electron chi connectivity index (χ3n) is 2.30. The maximum Gasteiger partial charge on any atom is 0.248 e. The van der Waals surface area contributed by atoms with Crippen LogP contribution in [0.4, 0.5) is 0 Å². The Kier molecular flexibility index (Phi) is 4.24. The van der Waals surface area contributed by atoms with Crippen molar-refractivity contribution in [3.8, 4) is 0 Å². The highest BCUT2D eigenvalue weighted by Crippen LogP contribution is 2.09. The van der Waals surface area contributed by atoms with E-state index >= 15 is 0 Å². The van der Waals surface area contributed by atoms with E-state index in [1.54, 1.807) is 19.4 Å². The third-order valence-corrected chi connectivity index (χ3v) is 2.30. The van der Waals surface area contributed by atoms with Crippen LogP contribution in [0.3, 0.4) is 0 Å². The van der Waals surface area contributed by atoms with Crippen molar-refractivity contribution in [3.05, 3.63) is 30.1 Å². The lowest BCUT2D eigenvalue weighted by atomic mass is 10.0. The van der Waals surface area contributed by atoms with Gasteiger partial charge in [-0.3, -0.25) is 14.6 Å². The van der Waals surface area contributed by atoms with Gasteiger partial charge in [-0.15, -0.1) is 0 Å². The summed E-state index contributed by atoms with van der Waals surface area (Å²) >= 11 is 0. The van der Waals surface area contributed by atoms with E-state index in [4.69, 9.17) is 4.84 Å². The molecular formula is C11H16N2O2. The zero-order chi connectivity index (χ0) is 11.3. The molecular weight excluding hydrogens is 192 g/mol. The van der Waals surface area contributed by atoms with Crippen molar-refractivity contribution < 1.29 is 9.63 Å². The van der Waals surface area contributed by atoms with Crippen molar-refractivity contribution in [1.29, 1.82) is 0 Å². The number of hydroxylamine groups is 2. The average molecular weight is 208 g/mol. The number of carbonyl (C=O) groups is 1. The number of hydrogen-bond acceptors (Lipinski definition) is 3. The molecule has 0 fully saturated rings. The molecule has 1 aromatic heterocycles. The Bertz CT molecular complexity index is 314. The number of rotatable bonds is 4. The molecule has 0 spiro atoms. The highest BCUT2D eigenvalue weighted by molar-refractivity contribution is 5.77. The van der Waals surface area contributed by atoms with Gasteiger partial charge in [-0.05, 0) is 24.1 Å². The fourth-order valence-corrected chi connectivity index (χ4v) is 1.36. The number of hydrogen-bond donors (Lipinski definition) is 0. The molecule has 1 heterocycles. The molecule has 0 aliphatic rings. The van der Waals surface area contributed by atoms with E-state index in [0.717, 1.165) is 5.56 Å². The van der Waals surface area contributed by atoms with Crippen molar-refractivity contribution in [1.82, 2.24) is 10.0 Å². The van der Waals surface area contributed by atoms with Gasteiger partial charge in [0.05, 0.1) is 7.11 Å². The summed E-state index contributed by atoms with van der Waals surface area (Å²) in [6.07, 6.45) is 4.16. The van der Waals surface area contributed by atoms with Gasteiger partial charge in [-0.2, -0.15) is 0 Å². The molecule has 1 atom stereocenters. The first-order valence-electron chi connectivity index (χ1n) is 4.85. The van der Waals surface area contributed by atoms with Crippen LogP contribution in [0.25, 0.3) is 0 Å². The van der Waals surface area contributed by atoms with Crippen LogP contribution in [0.1, 0.15) is 12.5 Å². The molecule has 0 saturated carbocycles. The summed E-state index contributed by atoms with van der Waals surface area (Å²) in [6, 6.07) is 3.83. The molecule has 0 aliphatic carbocycles. The molecule has 1 aromatic rings. The predicted molar refractivity (Wildman–Crippen MR) is 56.9 cm³/mol. The molecule has 0 aromatic carbocycles. The highest BCUT2D eigenvalue weighted by atomic mass is 16.7. The maximum atomic E-state index is 11.7. The first-order valence-corrected chi connectivity index (χ1v) is 4.85. The third kappa shape index (κ3) is 3.32. The molecule has 4 nitrogen and oxygen atoms in total. The van der Waals surface area contributed by atoms with Crippen molar-refractivity contribution >= 4 is 5.91 Å². The summed E-state index contributed by atoms with van der Waals surface area (Å²) in [7, 11) is 3.10. The van der Waals surface area contributed by atoms with Crippen LogP contribution < -0.4 is 0 Å². The van der Waals surface area contributed by atoms with Gasteiger partial charge < -0.3 is 0 Å². The fraction of sp³-hybridized carbons (Fsp3) is 0.455. The number of aromatic nitrogens is 1. The minimum Gasteiger partial charge on any atom is -0.275 e. The standard InChI is InChI=1S/C11H16N2O2/c1-9(11(14)13(2)15-3)8-10-4-6-12-7-5-10/h4-7,9H,8H2,1-3H3/t9-/m0/s1. The van der Waals surface area contributed by atoms with Gasteiger partial charge in [0, 0.05) is 25.4 Å². The minimum absolute atomic E-state index is 0.0192. The SMILES string of the molecule is CON(C)C(=O)[C@@H](C)Cc1ccncc1. The molecule has 0 bridgehead atoms. The van der Waals surface area contributed by atoms with Crippen LogP contribution in [-0.2, 0) is 16.1 Å². The molecule has 0 saturated heterocycles. The summed E-state index contributed by atoms with van der Waals surface area (Å²) in [5.74, 6) is -0.105. The van der Waals surface area contributed by atoms with Crippen molar-refractivity contribution in [3.63, 3.8) is 0 Å². The van der Waals surface area contributed by atoms with Crippen molar-refractivity contribution in [2.24, 2.45) is 5.92 Å². The van der Waals surface area contributed by atoms with E-state index in [1.807, 2.05) is 19.1 Å². The minimum atomic E-state index is -0.0858. The Morgan fingerprint density at radius 3 is 2.67 bits per heavy atom. The fourth-order valence-electron chi connectivity index (χ4n) is 1.36. The van der Waals surface area contributed by atoms with Gasteiger partial charge in [0.1, 0.15) is 0 Å². The van der Waals surface area contributed by atoms with Crippen LogP contribution in [-0.4, -0.2) is 30.1 Å². The van der Waals surface area contributed by atoms with Crippen molar-refractivity contribution in [2.75, 3.05) is 14.2 Å². The Balaban J connectivity index is 2.56. The number of carbonyl (C=O) groups excluding carboxylic acids is 1. The first-order chi connectivity index (χ1) is 7.15. The Morgan fingerprint density at radius 1 is 1.53 bits per heavy atom. The van der Waals surface area contributed by atoms with Gasteiger partial charge in [-0.1, -0.05) is 6.92 Å². The van der Waals surface area contributed by atoms with Gasteiger partial charge in [0.15, 0.2) is 0 Å². The van der Waals surface area contributed by atoms with E-state index < -0.39 is 0 Å². The van der Waals surface area contributed by atoms with E-state index in [2.05, 4.69) is 4.98 Å². The highest BCUT2D eigenvalue weighted by Gasteiger charge is 2.17. The monoisotopic (exact) mass is 208 g/mol. The van der Waals surface area contributed by atoms with Gasteiger partial charge in [-0.25, -0.2) is 5.06 Å². The van der Waals surface area contributed by atoms with Crippen LogP contribution in [0.5, 0.6) is 0 Å². The van der Waals surface area contributed by atoms with Gasteiger partial charge in [0.2, 0.25) is 5.91 Å². The molecule has 4 heteroatoms. The van der Waals surface area contributed by atoms with Crippen LogP contribution in [0.15, 0.2) is 24.5 Å². The van der Waals surface area contributed by atoms with Crippen LogP contribution in [0, 0.1) is 5.92 Å². The Hall–Kier alpha value is -1.42. The lowest BCUT2D eigenvalue weighted by molar-refractivity contribution is -0.172. The predicted octanol–water partition coefficient (Wildman–Crippen LogP) is 1.28. The van der Waals surface area contributed by atoms with Crippen molar-refractivity contribution in [2.45, 2.75) is 13.3 Å². The average Bonchev–Trinajstić information content (AvgIpc) is 2.28. The summed E-state index contributed by atoms with van der Waals surface area (Å²) in [4.78, 5) is 20.4. The van der Waals surface area contributed by atoms with Gasteiger partial charge >= 0.3 is 0 Å². The topological polar surface area (TPSA) is 42.4 Å². The molecule has 1 rings (SSSR count). The number of amides is 1. The smallest absolute Gasteiger partial charge is 0.248 e. The molecule has 82 valence electrons. The first kappa shape index (κ1) is 11.7. The zero-order valence-electron chi connectivity index (χ0n) is 9.30. The largest absolute Gasteiger partial charge is 0.275 e. The summed E-state index contributed by atoms with van der Waals surface area (Å²) < 4.78 is 0. The van der Waals surface area contributed by atoms with E-state index in [0.29, 0.717) is 6.42 Å². The molecule has 15 heavy (non-hydrogen) atoms. The lowest BCUT2D eigenvalue weighted by Crippen LogP contribution is -2.31. The Labute approximate surface area is 89.8 Å². The quantitative estimate of drug-likeness (QED) is 0.700. The Morgan fingerprint density at radius 2 is 2.13 bits per heavy atom. The van der Waals surface area contributed by atoms with Crippen LogP contribution >= 0.6 is 0 Å². The summed E-state index contributed by atoms with van der Waals surface area (Å²) in [5, 5.41) is 1.26. The second-order valence-corrected chi connectivity index (χ2v) is 3.48. The van der Waals surface area contributed by atoms with Crippen LogP contribution in [0.2, 0.25) is 0 Å². The molecule has 0 aliphatic heterocycles. The molecule has 0 radical (unpaired) electrons. The van der Waals surface area contributed by atoms with Gasteiger partial charge in [0.25, 0.3) is 0 Å². The second-order valence-electron chi connectivity index (χ2n) is 3.48. The number of nitrogens with zero attached hydrogens (tertiary/aromatic N) is 2.